The van der Waals surface area contributed by atoms with Crippen LogP contribution in [0.25, 0.3) is 0 Å². The van der Waals surface area contributed by atoms with Gasteiger partial charge in [0, 0.05) is 31.5 Å². The van der Waals surface area contributed by atoms with E-state index in [1.807, 2.05) is 36.7 Å². The summed E-state index contributed by atoms with van der Waals surface area (Å²) >= 11 is 0. The molecule has 0 atom stereocenters. The summed E-state index contributed by atoms with van der Waals surface area (Å²) in [6, 6.07) is 7.80. The number of hydrogen-bond donors (Lipinski definition) is 1. The van der Waals surface area contributed by atoms with Crippen LogP contribution in [0, 0.1) is 6.92 Å². The van der Waals surface area contributed by atoms with Gasteiger partial charge < -0.3 is 10.1 Å². The molecule has 0 bridgehead atoms. The predicted octanol–water partition coefficient (Wildman–Crippen LogP) is 2.08. The zero-order valence-electron chi connectivity index (χ0n) is 10.7. The molecular formula is C14H17N3O. The molecule has 0 aliphatic rings. The van der Waals surface area contributed by atoms with Gasteiger partial charge in [-0.05, 0) is 30.2 Å². The van der Waals surface area contributed by atoms with E-state index in [2.05, 4.69) is 22.2 Å². The van der Waals surface area contributed by atoms with Crippen LogP contribution in [0.5, 0.6) is 5.88 Å². The van der Waals surface area contributed by atoms with Crippen LogP contribution >= 0.6 is 0 Å². The molecule has 2 aromatic heterocycles. The Hall–Kier alpha value is -1.94. The van der Waals surface area contributed by atoms with Gasteiger partial charge in [-0.15, -0.1) is 0 Å². The summed E-state index contributed by atoms with van der Waals surface area (Å²) in [4.78, 5) is 8.42. The van der Waals surface area contributed by atoms with Gasteiger partial charge in [0.25, 0.3) is 0 Å². The molecule has 0 amide bonds. The minimum Gasteiger partial charge on any atom is -0.481 e. The highest BCUT2D eigenvalue weighted by Gasteiger charge is 1.99. The third-order valence-electron chi connectivity index (χ3n) is 2.75. The van der Waals surface area contributed by atoms with Crippen molar-refractivity contribution in [3.63, 3.8) is 0 Å². The molecule has 1 N–H and O–H groups in total. The lowest BCUT2D eigenvalue weighted by atomic mass is 10.1. The van der Waals surface area contributed by atoms with E-state index in [1.54, 1.807) is 7.11 Å². The van der Waals surface area contributed by atoms with Gasteiger partial charge in [0.05, 0.1) is 12.8 Å². The molecule has 0 aliphatic heterocycles. The minimum atomic E-state index is 0.648. The number of hydrogen-bond acceptors (Lipinski definition) is 4. The van der Waals surface area contributed by atoms with Crippen molar-refractivity contribution in [2.75, 3.05) is 7.11 Å². The molecule has 0 fully saturated rings. The highest BCUT2D eigenvalue weighted by molar-refractivity contribution is 5.21. The first-order valence-electron chi connectivity index (χ1n) is 5.89. The minimum absolute atomic E-state index is 0.648. The molecule has 0 unspecified atom stereocenters. The van der Waals surface area contributed by atoms with Crippen molar-refractivity contribution in [1.82, 2.24) is 15.3 Å². The Kier molecular flexibility index (Phi) is 4.25. The summed E-state index contributed by atoms with van der Waals surface area (Å²) in [5.74, 6) is 0.648. The molecule has 2 heterocycles. The third kappa shape index (κ3) is 3.28. The first-order valence-corrected chi connectivity index (χ1v) is 5.89. The highest BCUT2D eigenvalue weighted by atomic mass is 16.5. The zero-order chi connectivity index (χ0) is 12.8. The molecule has 4 nitrogen and oxygen atoms in total. The second kappa shape index (κ2) is 6.12. The van der Waals surface area contributed by atoms with Crippen molar-refractivity contribution in [2.45, 2.75) is 20.0 Å². The number of aryl methyl sites for hydroxylation is 1. The fourth-order valence-electron chi connectivity index (χ4n) is 1.70. The summed E-state index contributed by atoms with van der Waals surface area (Å²) in [7, 11) is 1.62. The van der Waals surface area contributed by atoms with Gasteiger partial charge in [-0.3, -0.25) is 4.98 Å². The molecular weight excluding hydrogens is 226 g/mol. The van der Waals surface area contributed by atoms with Crippen LogP contribution in [0.1, 0.15) is 16.8 Å². The van der Waals surface area contributed by atoms with E-state index >= 15 is 0 Å². The fraction of sp³-hybridized carbons (Fsp3) is 0.286. The van der Waals surface area contributed by atoms with Crippen LogP contribution < -0.4 is 10.1 Å². The van der Waals surface area contributed by atoms with E-state index in [0.29, 0.717) is 5.88 Å². The Morgan fingerprint density at radius 1 is 1.22 bits per heavy atom. The van der Waals surface area contributed by atoms with E-state index in [4.69, 9.17) is 4.74 Å². The lowest BCUT2D eigenvalue weighted by molar-refractivity contribution is 0.395. The molecule has 0 aliphatic carbocycles. The summed E-state index contributed by atoms with van der Waals surface area (Å²) in [5.41, 5.74) is 3.43. The van der Waals surface area contributed by atoms with Crippen LogP contribution in [-0.2, 0) is 13.1 Å². The molecule has 0 spiro atoms. The third-order valence-corrected chi connectivity index (χ3v) is 2.75. The zero-order valence-corrected chi connectivity index (χ0v) is 10.7. The second-order valence-corrected chi connectivity index (χ2v) is 4.08. The van der Waals surface area contributed by atoms with Crippen LogP contribution in [0.2, 0.25) is 0 Å². The summed E-state index contributed by atoms with van der Waals surface area (Å²) < 4.78 is 5.09. The average molecular weight is 243 g/mol. The molecule has 2 aromatic rings. The number of ether oxygens (including phenoxy) is 1. The van der Waals surface area contributed by atoms with Gasteiger partial charge in [0.15, 0.2) is 0 Å². The van der Waals surface area contributed by atoms with Gasteiger partial charge in [-0.1, -0.05) is 6.07 Å². The quantitative estimate of drug-likeness (QED) is 0.873. The SMILES string of the molecule is COc1cccc(CNCc2ccncc2C)n1. The van der Waals surface area contributed by atoms with Crippen molar-refractivity contribution in [3.05, 3.63) is 53.5 Å². The Morgan fingerprint density at radius 2 is 2.11 bits per heavy atom. The Balaban J connectivity index is 1.90. The molecule has 18 heavy (non-hydrogen) atoms. The maximum Gasteiger partial charge on any atom is 0.213 e. The van der Waals surface area contributed by atoms with Gasteiger partial charge in [0.1, 0.15) is 0 Å². The standard InChI is InChI=1S/C14H17N3O/c1-11-8-15-7-6-12(11)9-16-10-13-4-3-5-14(17-13)18-2/h3-8,16H,9-10H2,1-2H3. The van der Waals surface area contributed by atoms with Crippen molar-refractivity contribution in [3.8, 4) is 5.88 Å². The molecule has 2 rings (SSSR count). The average Bonchev–Trinajstić information content (AvgIpc) is 2.41. The number of pyridine rings is 2. The molecule has 0 saturated heterocycles. The number of nitrogens with zero attached hydrogens (tertiary/aromatic N) is 2. The lowest BCUT2D eigenvalue weighted by Crippen LogP contribution is -2.14. The monoisotopic (exact) mass is 243 g/mol. The second-order valence-electron chi connectivity index (χ2n) is 4.08. The Morgan fingerprint density at radius 3 is 2.89 bits per heavy atom. The summed E-state index contributed by atoms with van der Waals surface area (Å²) in [6.45, 7) is 3.60. The molecule has 0 radical (unpaired) electrons. The van der Waals surface area contributed by atoms with Crippen LogP contribution in [0.4, 0.5) is 0 Å². The molecule has 0 saturated carbocycles. The number of nitrogens with one attached hydrogen (secondary N) is 1. The van der Waals surface area contributed by atoms with Crippen molar-refractivity contribution >= 4 is 0 Å². The summed E-state index contributed by atoms with van der Waals surface area (Å²) in [6.07, 6.45) is 3.69. The largest absolute Gasteiger partial charge is 0.481 e. The van der Waals surface area contributed by atoms with Crippen molar-refractivity contribution in [1.29, 1.82) is 0 Å². The van der Waals surface area contributed by atoms with E-state index in [-0.39, 0.29) is 0 Å². The van der Waals surface area contributed by atoms with Gasteiger partial charge in [-0.2, -0.15) is 0 Å². The lowest BCUT2D eigenvalue weighted by Gasteiger charge is -2.07. The first-order chi connectivity index (χ1) is 8.79. The van der Waals surface area contributed by atoms with E-state index < -0.39 is 0 Å². The van der Waals surface area contributed by atoms with E-state index in [9.17, 15) is 0 Å². The van der Waals surface area contributed by atoms with Gasteiger partial charge in [-0.25, -0.2) is 4.98 Å². The summed E-state index contributed by atoms with van der Waals surface area (Å²) in [5, 5.41) is 3.36. The maximum absolute atomic E-state index is 5.09. The van der Waals surface area contributed by atoms with Crippen LogP contribution in [0.3, 0.4) is 0 Å². The van der Waals surface area contributed by atoms with Crippen molar-refractivity contribution in [2.24, 2.45) is 0 Å². The molecule has 94 valence electrons. The highest BCUT2D eigenvalue weighted by Crippen LogP contribution is 2.07. The maximum atomic E-state index is 5.09. The molecule has 4 heteroatoms. The van der Waals surface area contributed by atoms with E-state index in [0.717, 1.165) is 18.8 Å². The smallest absolute Gasteiger partial charge is 0.213 e. The topological polar surface area (TPSA) is 47.0 Å². The molecule has 0 aromatic carbocycles. The van der Waals surface area contributed by atoms with Gasteiger partial charge in [0.2, 0.25) is 5.88 Å². The number of rotatable bonds is 5. The van der Waals surface area contributed by atoms with Crippen LogP contribution in [0.15, 0.2) is 36.7 Å². The Bertz CT molecular complexity index is 514. The predicted molar refractivity (Wildman–Crippen MR) is 70.3 cm³/mol. The fourth-order valence-corrected chi connectivity index (χ4v) is 1.70. The number of aromatic nitrogens is 2. The normalized spacial score (nSPS) is 10.3. The first kappa shape index (κ1) is 12.5. The number of methoxy groups -OCH3 is 1. The van der Waals surface area contributed by atoms with Crippen LogP contribution in [-0.4, -0.2) is 17.1 Å². The Labute approximate surface area is 107 Å². The van der Waals surface area contributed by atoms with E-state index in [1.165, 1.54) is 11.1 Å². The van der Waals surface area contributed by atoms with Crippen molar-refractivity contribution < 1.29 is 4.74 Å². The van der Waals surface area contributed by atoms with Gasteiger partial charge >= 0.3 is 0 Å².